The average Bonchev–Trinajstić information content (AvgIpc) is 2.45. The fourth-order valence-electron chi connectivity index (χ4n) is 2.18. The fraction of sp³-hybridized carbons (Fsp3) is 0.643. The molecular weight excluding hydrogens is 326 g/mol. The summed E-state index contributed by atoms with van der Waals surface area (Å²) in [5.41, 5.74) is -0.505. The van der Waals surface area contributed by atoms with Crippen LogP contribution < -0.4 is 0 Å². The highest BCUT2D eigenvalue weighted by atomic mass is 35.5. The molecule has 0 radical (unpaired) electrons. The highest BCUT2D eigenvalue weighted by Crippen LogP contribution is 2.22. The number of rotatable bonds is 2. The number of halogens is 1. The number of hydrogen-bond acceptors (Lipinski definition) is 5. The molecule has 1 aromatic rings. The van der Waals surface area contributed by atoms with Crippen LogP contribution in [-0.4, -0.2) is 49.1 Å². The van der Waals surface area contributed by atoms with Gasteiger partial charge in [-0.1, -0.05) is 0 Å². The van der Waals surface area contributed by atoms with E-state index in [1.807, 2.05) is 20.8 Å². The summed E-state index contributed by atoms with van der Waals surface area (Å²) in [7, 11) is -1.24. The van der Waals surface area contributed by atoms with Crippen LogP contribution in [0.25, 0.3) is 0 Å². The van der Waals surface area contributed by atoms with Crippen molar-refractivity contribution in [3.63, 3.8) is 0 Å². The Morgan fingerprint density at radius 1 is 1.41 bits per heavy atom. The van der Waals surface area contributed by atoms with Crippen molar-refractivity contribution >= 4 is 28.5 Å². The van der Waals surface area contributed by atoms with E-state index in [2.05, 4.69) is 9.97 Å². The third kappa shape index (κ3) is 4.64. The van der Waals surface area contributed by atoms with Gasteiger partial charge in [-0.05, 0) is 51.3 Å². The number of ether oxygens (including phenoxy) is 1. The number of likely N-dealkylation sites (tertiary alicyclic amines) is 1. The first-order valence-corrected chi connectivity index (χ1v) is 8.72. The maximum absolute atomic E-state index is 12.5. The number of carbonyl (C=O) groups is 1. The van der Waals surface area contributed by atoms with E-state index in [4.69, 9.17) is 16.3 Å². The second-order valence-electron chi connectivity index (χ2n) is 6.13. The van der Waals surface area contributed by atoms with E-state index in [1.165, 1.54) is 6.20 Å². The number of hydrogen-bond donors (Lipinski definition) is 0. The normalized spacial score (nSPS) is 18.1. The summed E-state index contributed by atoms with van der Waals surface area (Å²) >= 11 is 5.73. The van der Waals surface area contributed by atoms with Crippen molar-refractivity contribution in [3.05, 3.63) is 17.5 Å². The zero-order valence-electron chi connectivity index (χ0n) is 12.9. The highest BCUT2D eigenvalue weighted by molar-refractivity contribution is 7.85. The van der Waals surface area contributed by atoms with Gasteiger partial charge in [0.1, 0.15) is 10.6 Å². The molecule has 0 unspecified atom stereocenters. The van der Waals surface area contributed by atoms with Crippen LogP contribution in [0.1, 0.15) is 33.6 Å². The summed E-state index contributed by atoms with van der Waals surface area (Å²) in [6.07, 6.45) is 2.47. The van der Waals surface area contributed by atoms with Crippen molar-refractivity contribution in [3.8, 4) is 0 Å². The molecule has 0 spiro atoms. The molecule has 1 aliphatic heterocycles. The van der Waals surface area contributed by atoms with Crippen LogP contribution in [0.2, 0.25) is 5.28 Å². The van der Waals surface area contributed by atoms with Gasteiger partial charge in [0.25, 0.3) is 0 Å². The van der Waals surface area contributed by atoms with Crippen molar-refractivity contribution in [2.75, 3.05) is 13.1 Å². The molecule has 1 atom stereocenters. The lowest BCUT2D eigenvalue weighted by atomic mass is 10.1. The lowest BCUT2D eigenvalue weighted by Gasteiger charge is -2.32. The fourth-order valence-corrected chi connectivity index (χ4v) is 3.73. The SMILES string of the molecule is CC(C)(C)OC(=O)N1CCC([S@](=O)c2ccnc(Cl)n2)CC1. The highest BCUT2D eigenvalue weighted by Gasteiger charge is 2.30. The van der Waals surface area contributed by atoms with Gasteiger partial charge in [-0.3, -0.25) is 4.21 Å². The maximum atomic E-state index is 12.5. The van der Waals surface area contributed by atoms with Crippen molar-refractivity contribution < 1.29 is 13.7 Å². The first-order valence-electron chi connectivity index (χ1n) is 7.13. The van der Waals surface area contributed by atoms with Crippen LogP contribution in [0, 0.1) is 0 Å². The second kappa shape index (κ2) is 6.91. The molecule has 8 heteroatoms. The van der Waals surface area contributed by atoms with Gasteiger partial charge in [0.05, 0.1) is 10.8 Å². The number of piperidine rings is 1. The molecule has 6 nitrogen and oxygen atoms in total. The maximum Gasteiger partial charge on any atom is 0.410 e. The van der Waals surface area contributed by atoms with Crippen LogP contribution in [0.5, 0.6) is 0 Å². The molecule has 1 aromatic heterocycles. The predicted octanol–water partition coefficient (Wildman–Crippen LogP) is 2.64. The minimum absolute atomic E-state index is 0.0374. The summed E-state index contributed by atoms with van der Waals surface area (Å²) in [6.45, 7) is 6.58. The molecule has 1 amide bonds. The average molecular weight is 346 g/mol. The van der Waals surface area contributed by atoms with Crippen molar-refractivity contribution in [2.24, 2.45) is 0 Å². The van der Waals surface area contributed by atoms with Gasteiger partial charge < -0.3 is 9.64 Å². The van der Waals surface area contributed by atoms with Gasteiger partial charge in [-0.15, -0.1) is 0 Å². The Morgan fingerprint density at radius 2 is 2.05 bits per heavy atom. The van der Waals surface area contributed by atoms with E-state index in [1.54, 1.807) is 11.0 Å². The molecule has 0 N–H and O–H groups in total. The molecule has 0 saturated carbocycles. The molecule has 22 heavy (non-hydrogen) atoms. The zero-order chi connectivity index (χ0) is 16.3. The number of nitrogens with zero attached hydrogens (tertiary/aromatic N) is 3. The van der Waals surface area contributed by atoms with Gasteiger partial charge in [-0.25, -0.2) is 14.8 Å². The van der Waals surface area contributed by atoms with Crippen LogP contribution >= 0.6 is 11.6 Å². The third-order valence-electron chi connectivity index (χ3n) is 3.20. The van der Waals surface area contributed by atoms with E-state index in [-0.39, 0.29) is 16.6 Å². The number of carbonyl (C=O) groups excluding carboxylic acids is 1. The lowest BCUT2D eigenvalue weighted by Crippen LogP contribution is -2.43. The summed E-state index contributed by atoms with van der Waals surface area (Å²) in [5, 5.41) is 0.498. The second-order valence-corrected chi connectivity index (χ2v) is 8.15. The van der Waals surface area contributed by atoms with Crippen LogP contribution in [0.3, 0.4) is 0 Å². The largest absolute Gasteiger partial charge is 0.444 e. The topological polar surface area (TPSA) is 72.4 Å². The monoisotopic (exact) mass is 345 g/mol. The van der Waals surface area contributed by atoms with Crippen LogP contribution in [-0.2, 0) is 15.5 Å². The van der Waals surface area contributed by atoms with Gasteiger partial charge >= 0.3 is 6.09 Å². The van der Waals surface area contributed by atoms with Gasteiger partial charge in [0, 0.05) is 24.5 Å². The van der Waals surface area contributed by atoms with Gasteiger partial charge in [0.15, 0.2) is 0 Å². The van der Waals surface area contributed by atoms with Crippen molar-refractivity contribution in [1.29, 1.82) is 0 Å². The standard InChI is InChI=1S/C14H20ClN3O3S/c1-14(2,3)21-13(19)18-8-5-10(6-9-18)22(20)11-4-7-16-12(15)17-11/h4,7,10H,5-6,8-9H2,1-3H3/t22-/m0/s1. The first-order chi connectivity index (χ1) is 10.3. The molecule has 2 rings (SSSR count). The minimum atomic E-state index is -1.24. The summed E-state index contributed by atoms with van der Waals surface area (Å²) in [6, 6.07) is 1.61. The molecule has 2 heterocycles. The van der Waals surface area contributed by atoms with Gasteiger partial charge in [0.2, 0.25) is 5.28 Å². The van der Waals surface area contributed by atoms with E-state index in [0.29, 0.717) is 31.0 Å². The quantitative estimate of drug-likeness (QED) is 0.608. The van der Waals surface area contributed by atoms with Crippen molar-refractivity contribution in [1.82, 2.24) is 14.9 Å². The zero-order valence-corrected chi connectivity index (χ0v) is 14.5. The Hall–Kier alpha value is -1.21. The molecule has 1 fully saturated rings. The molecule has 1 saturated heterocycles. The Bertz CT molecular complexity index is 569. The van der Waals surface area contributed by atoms with Crippen LogP contribution in [0.4, 0.5) is 4.79 Å². The lowest BCUT2D eigenvalue weighted by molar-refractivity contribution is 0.0218. The predicted molar refractivity (Wildman–Crippen MR) is 84.3 cm³/mol. The molecule has 0 bridgehead atoms. The first kappa shape index (κ1) is 17.1. The molecule has 0 aliphatic carbocycles. The Balaban J connectivity index is 1.92. The Labute approximate surface area is 137 Å². The number of aromatic nitrogens is 2. The van der Waals surface area contributed by atoms with E-state index < -0.39 is 16.4 Å². The van der Waals surface area contributed by atoms with Crippen LogP contribution in [0.15, 0.2) is 17.3 Å². The third-order valence-corrected chi connectivity index (χ3v) is 5.10. The van der Waals surface area contributed by atoms with E-state index in [9.17, 15) is 9.00 Å². The molecular formula is C14H20ClN3O3S. The van der Waals surface area contributed by atoms with E-state index in [0.717, 1.165) is 0 Å². The minimum Gasteiger partial charge on any atom is -0.444 e. The summed E-state index contributed by atoms with van der Waals surface area (Å²) in [5.74, 6) is 0. The summed E-state index contributed by atoms with van der Waals surface area (Å²) in [4.78, 5) is 21.4. The molecule has 122 valence electrons. The molecule has 0 aromatic carbocycles. The molecule has 1 aliphatic rings. The Morgan fingerprint density at radius 3 is 2.59 bits per heavy atom. The summed E-state index contributed by atoms with van der Waals surface area (Å²) < 4.78 is 17.8. The Kier molecular flexibility index (Phi) is 5.39. The smallest absolute Gasteiger partial charge is 0.410 e. The van der Waals surface area contributed by atoms with Gasteiger partial charge in [-0.2, -0.15) is 0 Å². The van der Waals surface area contributed by atoms with Crippen molar-refractivity contribution in [2.45, 2.75) is 49.5 Å². The number of amides is 1. The van der Waals surface area contributed by atoms with E-state index >= 15 is 0 Å².